The second-order valence-electron chi connectivity index (χ2n) is 8.63. The highest BCUT2D eigenvalue weighted by Crippen LogP contribution is 2.25. The average molecular weight is 473 g/mol. The molecule has 0 spiro atoms. The van der Waals surface area contributed by atoms with E-state index in [0.29, 0.717) is 17.4 Å². The van der Waals surface area contributed by atoms with Gasteiger partial charge in [0, 0.05) is 24.0 Å². The largest absolute Gasteiger partial charge is 0.328 e. The number of amides is 2. The van der Waals surface area contributed by atoms with E-state index in [4.69, 9.17) is 4.98 Å². The Hall–Kier alpha value is -3.71. The van der Waals surface area contributed by atoms with Gasteiger partial charge in [-0.15, -0.1) is 11.3 Å². The van der Waals surface area contributed by atoms with Gasteiger partial charge in [0.2, 0.25) is 11.9 Å². The Labute approximate surface area is 203 Å². The molecule has 7 heteroatoms. The van der Waals surface area contributed by atoms with Gasteiger partial charge in [-0.2, -0.15) is 0 Å². The van der Waals surface area contributed by atoms with Crippen LogP contribution in [-0.2, 0) is 4.79 Å². The molecule has 0 saturated heterocycles. The van der Waals surface area contributed by atoms with E-state index in [1.165, 1.54) is 11.3 Å². The number of anilines is 1. The first-order chi connectivity index (χ1) is 16.4. The number of hydrogen-bond donors (Lipinski definition) is 1. The summed E-state index contributed by atoms with van der Waals surface area (Å²) >= 11 is 1.38. The molecule has 2 heterocycles. The standard InChI is InChI=1S/C27H28N4O2S/c1-19(2)16-30(26(33)24-13-8-14-34-24)18-25(32)29-27-28-23(21-10-5-4-6-11-21)17-31(27)22-12-7-9-20(3)15-22/h4-15,17,19H,16,18H2,1-3H3,(H,28,29,32). The molecule has 2 aromatic carbocycles. The number of aromatic nitrogens is 2. The van der Waals surface area contributed by atoms with Crippen LogP contribution < -0.4 is 5.32 Å². The minimum absolute atomic E-state index is 0.0454. The van der Waals surface area contributed by atoms with Gasteiger partial charge >= 0.3 is 0 Å². The minimum Gasteiger partial charge on any atom is -0.328 e. The highest BCUT2D eigenvalue weighted by atomic mass is 32.1. The van der Waals surface area contributed by atoms with Crippen LogP contribution in [0.4, 0.5) is 5.95 Å². The lowest BCUT2D eigenvalue weighted by Crippen LogP contribution is -2.40. The highest BCUT2D eigenvalue weighted by molar-refractivity contribution is 7.12. The number of aryl methyl sites for hydroxylation is 1. The van der Waals surface area contributed by atoms with Crippen LogP contribution in [0.5, 0.6) is 0 Å². The Balaban J connectivity index is 1.61. The average Bonchev–Trinajstić information content (AvgIpc) is 3.49. The van der Waals surface area contributed by atoms with E-state index in [-0.39, 0.29) is 24.3 Å². The van der Waals surface area contributed by atoms with E-state index < -0.39 is 0 Å². The fourth-order valence-electron chi connectivity index (χ4n) is 3.74. The summed E-state index contributed by atoms with van der Waals surface area (Å²) in [5, 5.41) is 4.81. The maximum atomic E-state index is 13.1. The van der Waals surface area contributed by atoms with Crippen molar-refractivity contribution in [2.75, 3.05) is 18.4 Å². The summed E-state index contributed by atoms with van der Waals surface area (Å²) in [6.45, 7) is 6.53. The van der Waals surface area contributed by atoms with Crippen molar-refractivity contribution in [1.29, 1.82) is 0 Å². The molecular formula is C27H28N4O2S. The highest BCUT2D eigenvalue weighted by Gasteiger charge is 2.22. The van der Waals surface area contributed by atoms with Gasteiger partial charge in [-0.25, -0.2) is 4.98 Å². The molecule has 0 atom stereocenters. The van der Waals surface area contributed by atoms with Gasteiger partial charge in [0.25, 0.3) is 5.91 Å². The van der Waals surface area contributed by atoms with Gasteiger partial charge in [0.05, 0.1) is 10.6 Å². The maximum Gasteiger partial charge on any atom is 0.264 e. The summed E-state index contributed by atoms with van der Waals surface area (Å²) in [7, 11) is 0. The predicted octanol–water partition coefficient (Wildman–Crippen LogP) is 5.65. The third-order valence-electron chi connectivity index (χ3n) is 5.25. The van der Waals surface area contributed by atoms with E-state index >= 15 is 0 Å². The van der Waals surface area contributed by atoms with E-state index in [9.17, 15) is 9.59 Å². The summed E-state index contributed by atoms with van der Waals surface area (Å²) in [6, 6.07) is 21.5. The quantitative estimate of drug-likeness (QED) is 0.361. The van der Waals surface area contributed by atoms with Crippen molar-refractivity contribution in [3.63, 3.8) is 0 Å². The molecule has 0 fully saturated rings. The molecule has 0 aliphatic rings. The summed E-state index contributed by atoms with van der Waals surface area (Å²) in [6.07, 6.45) is 1.92. The van der Waals surface area contributed by atoms with Gasteiger partial charge in [0.15, 0.2) is 0 Å². The lowest BCUT2D eigenvalue weighted by atomic mass is 10.2. The molecule has 1 N–H and O–H groups in total. The van der Waals surface area contributed by atoms with E-state index in [1.54, 1.807) is 11.0 Å². The van der Waals surface area contributed by atoms with E-state index in [1.807, 2.05) is 97.6 Å². The molecule has 4 aromatic rings. The fraction of sp³-hybridized carbons (Fsp3) is 0.222. The summed E-state index contributed by atoms with van der Waals surface area (Å²) < 4.78 is 1.88. The molecule has 2 aromatic heterocycles. The molecule has 174 valence electrons. The third kappa shape index (κ3) is 5.61. The number of hydrogen-bond acceptors (Lipinski definition) is 4. The summed E-state index contributed by atoms with van der Waals surface area (Å²) in [4.78, 5) is 33.0. The first-order valence-electron chi connectivity index (χ1n) is 11.2. The lowest BCUT2D eigenvalue weighted by molar-refractivity contribution is -0.117. The number of nitrogens with zero attached hydrogens (tertiary/aromatic N) is 3. The number of carbonyl (C=O) groups excluding carboxylic acids is 2. The van der Waals surface area contributed by atoms with Crippen LogP contribution in [0.25, 0.3) is 16.9 Å². The molecular weight excluding hydrogens is 444 g/mol. The van der Waals surface area contributed by atoms with Crippen molar-refractivity contribution in [1.82, 2.24) is 14.5 Å². The van der Waals surface area contributed by atoms with Gasteiger partial charge < -0.3 is 4.90 Å². The Bertz CT molecular complexity index is 1260. The summed E-state index contributed by atoms with van der Waals surface area (Å²) in [5.41, 5.74) is 3.72. The van der Waals surface area contributed by atoms with Gasteiger partial charge in [-0.1, -0.05) is 62.4 Å². The monoisotopic (exact) mass is 472 g/mol. The second-order valence-corrected chi connectivity index (χ2v) is 9.58. The first kappa shape index (κ1) is 23.4. The molecule has 0 radical (unpaired) electrons. The molecule has 34 heavy (non-hydrogen) atoms. The fourth-order valence-corrected chi connectivity index (χ4v) is 4.44. The van der Waals surface area contributed by atoms with Crippen molar-refractivity contribution < 1.29 is 9.59 Å². The van der Waals surface area contributed by atoms with Crippen LogP contribution in [-0.4, -0.2) is 39.4 Å². The van der Waals surface area contributed by atoms with Crippen LogP contribution in [0.1, 0.15) is 29.1 Å². The predicted molar refractivity (Wildman–Crippen MR) is 137 cm³/mol. The zero-order chi connectivity index (χ0) is 24.1. The Morgan fingerprint density at radius 2 is 1.85 bits per heavy atom. The topological polar surface area (TPSA) is 67.2 Å². The van der Waals surface area contributed by atoms with Crippen LogP contribution in [0, 0.1) is 12.8 Å². The van der Waals surface area contributed by atoms with Gasteiger partial charge in [0.1, 0.15) is 6.54 Å². The van der Waals surface area contributed by atoms with Crippen molar-refractivity contribution >= 4 is 29.1 Å². The van der Waals surface area contributed by atoms with Crippen LogP contribution in [0.15, 0.2) is 78.3 Å². The molecule has 4 rings (SSSR count). The third-order valence-corrected chi connectivity index (χ3v) is 6.10. The van der Waals surface area contributed by atoms with Crippen molar-refractivity contribution in [3.05, 3.63) is 88.7 Å². The number of rotatable bonds is 8. The molecule has 0 saturated carbocycles. The van der Waals surface area contributed by atoms with Crippen molar-refractivity contribution in [2.24, 2.45) is 5.92 Å². The number of carbonyl (C=O) groups is 2. The molecule has 6 nitrogen and oxygen atoms in total. The molecule has 0 unspecified atom stereocenters. The zero-order valence-electron chi connectivity index (χ0n) is 19.6. The number of benzene rings is 2. The van der Waals surface area contributed by atoms with Crippen LogP contribution in [0.2, 0.25) is 0 Å². The van der Waals surface area contributed by atoms with Gasteiger partial charge in [-0.05, 0) is 42.0 Å². The Morgan fingerprint density at radius 1 is 1.06 bits per heavy atom. The Morgan fingerprint density at radius 3 is 2.53 bits per heavy atom. The van der Waals surface area contributed by atoms with E-state index in [0.717, 1.165) is 22.5 Å². The maximum absolute atomic E-state index is 13.1. The molecule has 0 bridgehead atoms. The smallest absolute Gasteiger partial charge is 0.264 e. The minimum atomic E-state index is -0.287. The first-order valence-corrected chi connectivity index (χ1v) is 12.1. The normalized spacial score (nSPS) is 10.9. The van der Waals surface area contributed by atoms with Crippen LogP contribution >= 0.6 is 11.3 Å². The number of thiophene rings is 1. The molecule has 2 amide bonds. The number of nitrogens with one attached hydrogen (secondary N) is 1. The van der Waals surface area contributed by atoms with Crippen molar-refractivity contribution in [2.45, 2.75) is 20.8 Å². The van der Waals surface area contributed by atoms with Gasteiger partial charge in [-0.3, -0.25) is 19.5 Å². The SMILES string of the molecule is Cc1cccc(-n2cc(-c3ccccc3)nc2NC(=O)CN(CC(C)C)C(=O)c2cccs2)c1. The van der Waals surface area contributed by atoms with Crippen molar-refractivity contribution in [3.8, 4) is 16.9 Å². The van der Waals surface area contributed by atoms with E-state index in [2.05, 4.69) is 5.32 Å². The molecule has 0 aliphatic carbocycles. The molecule has 0 aliphatic heterocycles. The lowest BCUT2D eigenvalue weighted by Gasteiger charge is -2.23. The number of imidazole rings is 1. The van der Waals surface area contributed by atoms with Crippen LogP contribution in [0.3, 0.4) is 0 Å². The zero-order valence-corrected chi connectivity index (χ0v) is 20.4. The Kier molecular flexibility index (Phi) is 7.23. The summed E-state index contributed by atoms with van der Waals surface area (Å²) in [5.74, 6) is 0.230. The second kappa shape index (κ2) is 10.5.